The largest absolute Gasteiger partial charge is 0.354 e. The number of aromatic nitrogens is 2. The average Bonchev–Trinajstić information content (AvgIpc) is 2.78. The molecule has 0 aliphatic carbocycles. The minimum atomic E-state index is -0.250. The van der Waals surface area contributed by atoms with Gasteiger partial charge in [0.2, 0.25) is 0 Å². The number of nitrogens with one attached hydrogen (secondary N) is 1. The molecule has 0 bridgehead atoms. The Labute approximate surface area is 101 Å². The van der Waals surface area contributed by atoms with Gasteiger partial charge in [-0.3, -0.25) is 0 Å². The molecule has 1 aromatic heterocycles. The molecular weight excluding hydrogens is 219 g/mol. The molecule has 1 unspecified atom stereocenters. The van der Waals surface area contributed by atoms with E-state index in [-0.39, 0.29) is 5.82 Å². The van der Waals surface area contributed by atoms with Gasteiger partial charge in [-0.1, -0.05) is 6.92 Å². The Morgan fingerprint density at radius 2 is 2.35 bits per heavy atom. The van der Waals surface area contributed by atoms with Crippen LogP contribution in [0.2, 0.25) is 0 Å². The van der Waals surface area contributed by atoms with E-state index < -0.39 is 0 Å². The highest BCUT2D eigenvalue weighted by atomic mass is 19.1. The topological polar surface area (TPSA) is 41.1 Å². The molecule has 1 aliphatic heterocycles. The number of anilines is 1. The Morgan fingerprint density at radius 3 is 3.06 bits per heavy atom. The highest BCUT2D eigenvalue weighted by Gasteiger charge is 2.25. The SMILES string of the molecule is CCc1ncnc(N2CCC(CNC)C2)c1F. The van der Waals surface area contributed by atoms with Gasteiger partial charge in [0.1, 0.15) is 6.33 Å². The molecule has 1 aromatic rings. The van der Waals surface area contributed by atoms with E-state index in [1.807, 2.05) is 18.9 Å². The van der Waals surface area contributed by atoms with E-state index in [1.54, 1.807) is 0 Å². The van der Waals surface area contributed by atoms with Crippen molar-refractivity contribution in [2.75, 3.05) is 31.6 Å². The molecular formula is C12H19FN4. The molecule has 94 valence electrons. The molecule has 17 heavy (non-hydrogen) atoms. The van der Waals surface area contributed by atoms with Gasteiger partial charge in [0.25, 0.3) is 0 Å². The van der Waals surface area contributed by atoms with E-state index >= 15 is 0 Å². The second kappa shape index (κ2) is 5.40. The molecule has 4 nitrogen and oxygen atoms in total. The molecule has 0 saturated carbocycles. The van der Waals surface area contributed by atoms with Crippen LogP contribution in [-0.2, 0) is 6.42 Å². The minimum absolute atomic E-state index is 0.250. The highest BCUT2D eigenvalue weighted by Crippen LogP contribution is 2.24. The fourth-order valence-electron chi connectivity index (χ4n) is 2.34. The normalized spacial score (nSPS) is 19.9. The first-order valence-corrected chi connectivity index (χ1v) is 6.15. The number of hydrogen-bond acceptors (Lipinski definition) is 4. The molecule has 1 atom stereocenters. The van der Waals surface area contributed by atoms with Crippen molar-refractivity contribution < 1.29 is 4.39 Å². The molecule has 5 heteroatoms. The van der Waals surface area contributed by atoms with Crippen LogP contribution in [0.15, 0.2) is 6.33 Å². The zero-order valence-electron chi connectivity index (χ0n) is 10.4. The Bertz CT molecular complexity index is 383. The van der Waals surface area contributed by atoms with Gasteiger partial charge in [-0.2, -0.15) is 0 Å². The van der Waals surface area contributed by atoms with E-state index in [0.717, 1.165) is 26.1 Å². The van der Waals surface area contributed by atoms with E-state index in [1.165, 1.54) is 6.33 Å². The Kier molecular flexibility index (Phi) is 3.89. The lowest BCUT2D eigenvalue weighted by molar-refractivity contribution is 0.546. The summed E-state index contributed by atoms with van der Waals surface area (Å²) in [4.78, 5) is 10.1. The monoisotopic (exact) mass is 238 g/mol. The van der Waals surface area contributed by atoms with Crippen LogP contribution in [-0.4, -0.2) is 36.6 Å². The lowest BCUT2D eigenvalue weighted by atomic mass is 10.1. The van der Waals surface area contributed by atoms with Gasteiger partial charge in [-0.25, -0.2) is 14.4 Å². The van der Waals surface area contributed by atoms with Crippen LogP contribution < -0.4 is 10.2 Å². The van der Waals surface area contributed by atoms with Gasteiger partial charge in [-0.15, -0.1) is 0 Å². The first-order chi connectivity index (χ1) is 8.26. The Hall–Kier alpha value is -1.23. The minimum Gasteiger partial charge on any atom is -0.354 e. The second-order valence-electron chi connectivity index (χ2n) is 4.47. The summed E-state index contributed by atoms with van der Waals surface area (Å²) >= 11 is 0. The van der Waals surface area contributed by atoms with E-state index in [4.69, 9.17) is 0 Å². The maximum Gasteiger partial charge on any atom is 0.187 e. The molecule has 0 amide bonds. The Balaban J connectivity index is 2.13. The van der Waals surface area contributed by atoms with Crippen LogP contribution in [0, 0.1) is 11.7 Å². The first-order valence-electron chi connectivity index (χ1n) is 6.15. The number of halogens is 1. The summed E-state index contributed by atoms with van der Waals surface area (Å²) < 4.78 is 14.1. The zero-order valence-corrected chi connectivity index (χ0v) is 10.4. The van der Waals surface area contributed by atoms with E-state index in [2.05, 4.69) is 15.3 Å². The summed E-state index contributed by atoms with van der Waals surface area (Å²) in [5.41, 5.74) is 0.507. The zero-order chi connectivity index (χ0) is 12.3. The van der Waals surface area contributed by atoms with E-state index in [9.17, 15) is 4.39 Å². The van der Waals surface area contributed by atoms with Crippen molar-refractivity contribution in [1.29, 1.82) is 0 Å². The summed E-state index contributed by atoms with van der Waals surface area (Å²) in [5.74, 6) is 0.801. The van der Waals surface area contributed by atoms with Crippen LogP contribution in [0.3, 0.4) is 0 Å². The van der Waals surface area contributed by atoms with Gasteiger partial charge in [0.15, 0.2) is 11.6 Å². The van der Waals surface area contributed by atoms with Gasteiger partial charge in [0.05, 0.1) is 5.69 Å². The molecule has 0 aromatic carbocycles. The lowest BCUT2D eigenvalue weighted by Gasteiger charge is -2.18. The summed E-state index contributed by atoms with van der Waals surface area (Å²) in [6.45, 7) is 4.63. The number of hydrogen-bond donors (Lipinski definition) is 1. The maximum atomic E-state index is 14.1. The fraction of sp³-hybridized carbons (Fsp3) is 0.667. The van der Waals surface area contributed by atoms with Crippen LogP contribution >= 0.6 is 0 Å². The summed E-state index contributed by atoms with van der Waals surface area (Å²) in [5, 5.41) is 3.17. The third-order valence-corrected chi connectivity index (χ3v) is 3.26. The summed E-state index contributed by atoms with van der Waals surface area (Å²) in [7, 11) is 1.95. The van der Waals surface area contributed by atoms with Crippen LogP contribution in [0.4, 0.5) is 10.2 Å². The lowest BCUT2D eigenvalue weighted by Crippen LogP contribution is -2.26. The quantitative estimate of drug-likeness (QED) is 0.856. The van der Waals surface area contributed by atoms with Crippen molar-refractivity contribution in [3.8, 4) is 0 Å². The fourth-order valence-corrected chi connectivity index (χ4v) is 2.34. The van der Waals surface area contributed by atoms with Crippen molar-refractivity contribution >= 4 is 5.82 Å². The number of nitrogens with zero attached hydrogens (tertiary/aromatic N) is 3. The standard InChI is InChI=1S/C12H19FN4/c1-3-10-11(13)12(16-8-15-10)17-5-4-9(7-17)6-14-2/h8-9,14H,3-7H2,1-2H3. The highest BCUT2D eigenvalue weighted by molar-refractivity contribution is 5.42. The molecule has 1 saturated heterocycles. The maximum absolute atomic E-state index is 14.1. The summed E-state index contributed by atoms with van der Waals surface area (Å²) in [6.07, 6.45) is 3.16. The molecule has 0 spiro atoms. The van der Waals surface area contributed by atoms with Gasteiger partial charge >= 0.3 is 0 Å². The van der Waals surface area contributed by atoms with Crippen molar-refractivity contribution in [1.82, 2.24) is 15.3 Å². The van der Waals surface area contributed by atoms with Crippen LogP contribution in [0.1, 0.15) is 19.0 Å². The first kappa shape index (κ1) is 12.2. The van der Waals surface area contributed by atoms with Gasteiger partial charge in [-0.05, 0) is 32.4 Å². The van der Waals surface area contributed by atoms with E-state index in [0.29, 0.717) is 23.9 Å². The predicted molar refractivity (Wildman–Crippen MR) is 65.6 cm³/mol. The Morgan fingerprint density at radius 1 is 1.53 bits per heavy atom. The van der Waals surface area contributed by atoms with Crippen LogP contribution in [0.5, 0.6) is 0 Å². The molecule has 2 rings (SSSR count). The summed E-state index contributed by atoms with van der Waals surface area (Å²) in [6, 6.07) is 0. The number of rotatable bonds is 4. The van der Waals surface area contributed by atoms with Crippen molar-refractivity contribution in [3.63, 3.8) is 0 Å². The second-order valence-corrected chi connectivity index (χ2v) is 4.47. The molecule has 1 N–H and O–H groups in total. The molecule has 1 aliphatic rings. The predicted octanol–water partition coefficient (Wildman–Crippen LogP) is 1.22. The van der Waals surface area contributed by atoms with Crippen molar-refractivity contribution in [2.24, 2.45) is 5.92 Å². The van der Waals surface area contributed by atoms with Crippen molar-refractivity contribution in [2.45, 2.75) is 19.8 Å². The molecule has 1 fully saturated rings. The molecule has 0 radical (unpaired) electrons. The third kappa shape index (κ3) is 2.54. The average molecular weight is 238 g/mol. The third-order valence-electron chi connectivity index (χ3n) is 3.26. The van der Waals surface area contributed by atoms with Crippen LogP contribution in [0.25, 0.3) is 0 Å². The van der Waals surface area contributed by atoms with Crippen molar-refractivity contribution in [3.05, 3.63) is 17.8 Å². The van der Waals surface area contributed by atoms with Gasteiger partial charge in [0, 0.05) is 13.1 Å². The molecule has 2 heterocycles. The number of aryl methyl sites for hydroxylation is 1. The van der Waals surface area contributed by atoms with Gasteiger partial charge < -0.3 is 10.2 Å². The smallest absolute Gasteiger partial charge is 0.187 e.